The summed E-state index contributed by atoms with van der Waals surface area (Å²) in [6.45, 7) is 2.76. The summed E-state index contributed by atoms with van der Waals surface area (Å²) in [5.74, 6) is 0.656. The van der Waals surface area contributed by atoms with Gasteiger partial charge in [-0.3, -0.25) is 0 Å². The summed E-state index contributed by atoms with van der Waals surface area (Å²) < 4.78 is 0. The Morgan fingerprint density at radius 2 is 2.25 bits per heavy atom. The van der Waals surface area contributed by atoms with E-state index in [1.807, 2.05) is 6.20 Å². The molecule has 2 aromatic rings. The highest BCUT2D eigenvalue weighted by Gasteiger charge is 2.02. The summed E-state index contributed by atoms with van der Waals surface area (Å²) in [7, 11) is 0. The first-order chi connectivity index (χ1) is 7.79. The lowest BCUT2D eigenvalue weighted by Crippen LogP contribution is -2.04. The van der Waals surface area contributed by atoms with E-state index in [9.17, 15) is 0 Å². The van der Waals surface area contributed by atoms with Gasteiger partial charge >= 0.3 is 0 Å². The first-order valence-electron chi connectivity index (χ1n) is 5.02. The predicted octanol–water partition coefficient (Wildman–Crippen LogP) is 1.69. The van der Waals surface area contributed by atoms with Crippen LogP contribution < -0.4 is 11.1 Å². The van der Waals surface area contributed by atoms with Crippen LogP contribution in [-0.4, -0.2) is 15.0 Å². The Kier molecular flexibility index (Phi) is 3.31. The van der Waals surface area contributed by atoms with E-state index in [1.54, 1.807) is 17.5 Å². The maximum atomic E-state index is 5.71. The topological polar surface area (TPSA) is 76.7 Å². The summed E-state index contributed by atoms with van der Waals surface area (Å²) in [6.07, 6.45) is 5.98. The van der Waals surface area contributed by atoms with Crippen LogP contribution in [0.1, 0.15) is 16.8 Å². The molecule has 0 spiro atoms. The van der Waals surface area contributed by atoms with Crippen LogP contribution in [0.3, 0.4) is 0 Å². The van der Waals surface area contributed by atoms with Gasteiger partial charge in [0.2, 0.25) is 0 Å². The van der Waals surface area contributed by atoms with E-state index in [1.165, 1.54) is 11.2 Å². The van der Waals surface area contributed by atoms with E-state index in [2.05, 4.69) is 27.2 Å². The number of nitrogens with zero attached hydrogens (tertiary/aromatic N) is 3. The molecule has 0 aliphatic rings. The van der Waals surface area contributed by atoms with Crippen molar-refractivity contribution >= 4 is 22.8 Å². The molecule has 0 fully saturated rings. The molecule has 0 amide bonds. The van der Waals surface area contributed by atoms with Gasteiger partial charge in [-0.2, -0.15) is 0 Å². The molecule has 0 radical (unpaired) electrons. The fraction of sp³-hybridized carbons (Fsp3) is 0.300. The molecule has 0 saturated heterocycles. The maximum absolute atomic E-state index is 5.71. The summed E-state index contributed by atoms with van der Waals surface area (Å²) >= 11 is 1.70. The predicted molar refractivity (Wildman–Crippen MR) is 65.3 cm³/mol. The van der Waals surface area contributed by atoms with Crippen LogP contribution in [0.25, 0.3) is 0 Å². The second-order valence-electron chi connectivity index (χ2n) is 3.25. The number of aryl methyl sites for hydroxylation is 1. The van der Waals surface area contributed by atoms with Crippen molar-refractivity contribution in [1.29, 1.82) is 0 Å². The van der Waals surface area contributed by atoms with Crippen LogP contribution in [-0.2, 0) is 13.0 Å². The molecule has 0 bridgehead atoms. The summed E-state index contributed by atoms with van der Waals surface area (Å²) in [6, 6.07) is 0. The number of nitrogens with two attached hydrogens (primary N) is 1. The highest BCUT2D eigenvalue weighted by atomic mass is 32.1. The second kappa shape index (κ2) is 4.89. The lowest BCUT2D eigenvalue weighted by molar-refractivity contribution is 1.06. The lowest BCUT2D eigenvalue weighted by Gasteiger charge is -2.04. The smallest absolute Gasteiger partial charge is 0.152 e. The standard InChI is InChI=1S/C10H13N5S/c1-2-7-3-13-9(16-7)5-14-10-8(11)4-12-6-15-10/h3-4,6H,2,5,11H2,1H3,(H,12,14,15). The molecular weight excluding hydrogens is 222 g/mol. The van der Waals surface area contributed by atoms with E-state index < -0.39 is 0 Å². The molecule has 0 aromatic carbocycles. The maximum Gasteiger partial charge on any atom is 0.152 e. The summed E-state index contributed by atoms with van der Waals surface area (Å²) in [5, 5.41) is 4.18. The zero-order valence-corrected chi connectivity index (χ0v) is 9.79. The van der Waals surface area contributed by atoms with Crippen LogP contribution in [0.4, 0.5) is 11.5 Å². The van der Waals surface area contributed by atoms with Gasteiger partial charge in [-0.1, -0.05) is 6.92 Å². The number of nitrogen functional groups attached to an aromatic ring is 1. The van der Waals surface area contributed by atoms with Gasteiger partial charge in [-0.15, -0.1) is 11.3 Å². The molecule has 16 heavy (non-hydrogen) atoms. The fourth-order valence-corrected chi connectivity index (χ4v) is 2.04. The van der Waals surface area contributed by atoms with E-state index in [0.29, 0.717) is 18.1 Å². The molecule has 0 unspecified atom stereocenters. The third-order valence-electron chi connectivity index (χ3n) is 2.10. The number of hydrogen-bond acceptors (Lipinski definition) is 6. The van der Waals surface area contributed by atoms with Crippen molar-refractivity contribution in [3.8, 4) is 0 Å². The minimum absolute atomic E-state index is 0.551. The number of hydrogen-bond donors (Lipinski definition) is 2. The second-order valence-corrected chi connectivity index (χ2v) is 4.45. The van der Waals surface area contributed by atoms with Crippen molar-refractivity contribution in [3.05, 3.63) is 28.6 Å². The fourth-order valence-electron chi connectivity index (χ4n) is 1.24. The van der Waals surface area contributed by atoms with E-state index in [4.69, 9.17) is 5.73 Å². The number of anilines is 2. The SMILES string of the molecule is CCc1cnc(CNc2ncncc2N)s1. The van der Waals surface area contributed by atoms with Gasteiger partial charge in [0.15, 0.2) is 5.82 Å². The van der Waals surface area contributed by atoms with Crippen molar-refractivity contribution in [2.75, 3.05) is 11.1 Å². The van der Waals surface area contributed by atoms with E-state index in [-0.39, 0.29) is 0 Å². The zero-order chi connectivity index (χ0) is 11.4. The van der Waals surface area contributed by atoms with Gasteiger partial charge in [0.1, 0.15) is 11.3 Å². The monoisotopic (exact) mass is 235 g/mol. The Labute approximate surface area is 97.8 Å². The Morgan fingerprint density at radius 1 is 1.38 bits per heavy atom. The summed E-state index contributed by atoms with van der Waals surface area (Å²) in [5.41, 5.74) is 6.26. The molecule has 0 aliphatic heterocycles. The van der Waals surface area contributed by atoms with Gasteiger partial charge in [0.05, 0.1) is 18.4 Å². The number of nitrogens with one attached hydrogen (secondary N) is 1. The normalized spacial score (nSPS) is 10.3. The van der Waals surface area contributed by atoms with Crippen LogP contribution >= 0.6 is 11.3 Å². The van der Waals surface area contributed by atoms with E-state index >= 15 is 0 Å². The van der Waals surface area contributed by atoms with Gasteiger partial charge in [-0.05, 0) is 6.42 Å². The zero-order valence-electron chi connectivity index (χ0n) is 8.97. The Bertz CT molecular complexity index is 468. The molecule has 2 heterocycles. The van der Waals surface area contributed by atoms with Crippen molar-refractivity contribution in [3.63, 3.8) is 0 Å². The third kappa shape index (κ3) is 2.46. The van der Waals surface area contributed by atoms with Crippen molar-refractivity contribution in [2.24, 2.45) is 0 Å². The third-order valence-corrected chi connectivity index (χ3v) is 3.24. The molecule has 5 nitrogen and oxygen atoms in total. The quantitative estimate of drug-likeness (QED) is 0.843. The molecule has 2 aromatic heterocycles. The first kappa shape index (κ1) is 10.8. The van der Waals surface area contributed by atoms with Crippen LogP contribution in [0.15, 0.2) is 18.7 Å². The molecule has 0 aliphatic carbocycles. The van der Waals surface area contributed by atoms with E-state index in [0.717, 1.165) is 11.4 Å². The average molecular weight is 235 g/mol. The highest BCUT2D eigenvalue weighted by molar-refractivity contribution is 7.11. The number of aromatic nitrogens is 3. The Morgan fingerprint density at radius 3 is 2.94 bits per heavy atom. The first-order valence-corrected chi connectivity index (χ1v) is 5.84. The molecule has 2 rings (SSSR count). The van der Waals surface area contributed by atoms with Crippen LogP contribution in [0.2, 0.25) is 0 Å². The average Bonchev–Trinajstić information content (AvgIpc) is 2.76. The van der Waals surface area contributed by atoms with Gasteiger partial charge in [0, 0.05) is 11.1 Å². The lowest BCUT2D eigenvalue weighted by atomic mass is 10.4. The van der Waals surface area contributed by atoms with Gasteiger partial charge < -0.3 is 11.1 Å². The summed E-state index contributed by atoms with van der Waals surface area (Å²) in [4.78, 5) is 13.5. The minimum atomic E-state index is 0.551. The van der Waals surface area contributed by atoms with Crippen molar-refractivity contribution < 1.29 is 0 Å². The molecular formula is C10H13N5S. The molecule has 84 valence electrons. The highest BCUT2D eigenvalue weighted by Crippen LogP contribution is 2.16. The number of thiazole rings is 1. The van der Waals surface area contributed by atoms with Crippen LogP contribution in [0, 0.1) is 0 Å². The Hall–Kier alpha value is -1.69. The van der Waals surface area contributed by atoms with Crippen molar-refractivity contribution in [1.82, 2.24) is 15.0 Å². The van der Waals surface area contributed by atoms with Crippen molar-refractivity contribution in [2.45, 2.75) is 19.9 Å². The molecule has 0 atom stereocenters. The van der Waals surface area contributed by atoms with Gasteiger partial charge in [0.25, 0.3) is 0 Å². The molecule has 3 N–H and O–H groups in total. The molecule has 0 saturated carbocycles. The number of rotatable bonds is 4. The largest absolute Gasteiger partial charge is 0.394 e. The van der Waals surface area contributed by atoms with Gasteiger partial charge in [-0.25, -0.2) is 15.0 Å². The van der Waals surface area contributed by atoms with Crippen LogP contribution in [0.5, 0.6) is 0 Å². The minimum Gasteiger partial charge on any atom is -0.394 e. The molecule has 6 heteroatoms. The Balaban J connectivity index is 1.99.